The van der Waals surface area contributed by atoms with Gasteiger partial charge in [-0.3, -0.25) is 0 Å². The fourth-order valence-corrected chi connectivity index (χ4v) is 4.78. The molecule has 1 heterocycles. The Hall–Kier alpha value is -3.52. The van der Waals surface area contributed by atoms with Gasteiger partial charge in [-0.15, -0.1) is 0 Å². The minimum Gasteiger partial charge on any atom is -0.496 e. The zero-order chi connectivity index (χ0) is 20.7. The van der Waals surface area contributed by atoms with Crippen LogP contribution in [0.15, 0.2) is 79.0 Å². The lowest BCUT2D eigenvalue weighted by Gasteiger charge is -2.14. The maximum atomic E-state index is 5.81. The molecule has 0 amide bonds. The van der Waals surface area contributed by atoms with Crippen LogP contribution in [0.5, 0.6) is 5.75 Å². The summed E-state index contributed by atoms with van der Waals surface area (Å²) in [6.07, 6.45) is 3.10. The van der Waals surface area contributed by atoms with Crippen molar-refractivity contribution in [2.45, 2.75) is 20.3 Å². The summed E-state index contributed by atoms with van der Waals surface area (Å²) in [5.41, 5.74) is 11.4. The van der Waals surface area contributed by atoms with Crippen molar-refractivity contribution in [2.24, 2.45) is 0 Å². The Morgan fingerprint density at radius 3 is 2.40 bits per heavy atom. The van der Waals surface area contributed by atoms with Gasteiger partial charge >= 0.3 is 0 Å². The van der Waals surface area contributed by atoms with E-state index in [0.717, 1.165) is 17.7 Å². The number of nitrogens with one attached hydrogen (secondary N) is 1. The molecule has 30 heavy (non-hydrogen) atoms. The van der Waals surface area contributed by atoms with Crippen LogP contribution in [0, 0.1) is 0 Å². The Labute approximate surface area is 177 Å². The molecule has 0 radical (unpaired) electrons. The second kappa shape index (κ2) is 7.38. The van der Waals surface area contributed by atoms with Crippen molar-refractivity contribution in [3.63, 3.8) is 0 Å². The maximum absolute atomic E-state index is 5.81. The van der Waals surface area contributed by atoms with E-state index in [-0.39, 0.29) is 0 Å². The van der Waals surface area contributed by atoms with E-state index in [2.05, 4.69) is 97.8 Å². The van der Waals surface area contributed by atoms with Crippen LogP contribution < -0.4 is 4.74 Å². The standard InChI is InChI=1S/C28H25NO/c1-4-20-27-22(14-10-16-25(27)30-3)26(18(2)19-11-6-5-7-12-19)28(20)23-17-29-24-15-9-8-13-21(23)24/h5-17,29H,4H2,1-3H3/b26-18+. The molecule has 0 bridgehead atoms. The van der Waals surface area contributed by atoms with E-state index in [9.17, 15) is 0 Å². The highest BCUT2D eigenvalue weighted by atomic mass is 16.5. The number of hydrogen-bond acceptors (Lipinski definition) is 1. The van der Waals surface area contributed by atoms with Gasteiger partial charge in [0.2, 0.25) is 0 Å². The number of rotatable bonds is 4. The van der Waals surface area contributed by atoms with Crippen molar-refractivity contribution < 1.29 is 4.74 Å². The van der Waals surface area contributed by atoms with Crippen molar-refractivity contribution in [1.82, 2.24) is 4.98 Å². The summed E-state index contributed by atoms with van der Waals surface area (Å²) in [5, 5.41) is 1.25. The van der Waals surface area contributed by atoms with E-state index in [1.165, 1.54) is 49.9 Å². The molecule has 2 heteroatoms. The first-order valence-electron chi connectivity index (χ1n) is 10.5. The average Bonchev–Trinajstić information content (AvgIpc) is 3.37. The number of fused-ring (bicyclic) bond motifs is 2. The number of H-pyrrole nitrogens is 1. The molecule has 0 unspecified atom stereocenters. The highest BCUT2D eigenvalue weighted by Gasteiger charge is 2.31. The second-order valence-corrected chi connectivity index (χ2v) is 7.70. The molecule has 1 aliphatic rings. The molecule has 1 N–H and O–H groups in total. The number of para-hydroxylation sites is 1. The van der Waals surface area contributed by atoms with Crippen LogP contribution in [-0.2, 0) is 0 Å². The van der Waals surface area contributed by atoms with Crippen LogP contribution in [0.3, 0.4) is 0 Å². The predicted molar refractivity (Wildman–Crippen MR) is 127 cm³/mol. The lowest BCUT2D eigenvalue weighted by atomic mass is 9.89. The first kappa shape index (κ1) is 18.5. The lowest BCUT2D eigenvalue weighted by molar-refractivity contribution is 0.413. The molecule has 5 rings (SSSR count). The monoisotopic (exact) mass is 391 g/mol. The van der Waals surface area contributed by atoms with E-state index >= 15 is 0 Å². The normalized spacial score (nSPS) is 14.9. The number of aromatic amines is 1. The van der Waals surface area contributed by atoms with Gasteiger partial charge in [0.25, 0.3) is 0 Å². The number of benzene rings is 3. The Morgan fingerprint density at radius 1 is 0.867 bits per heavy atom. The fraction of sp³-hybridized carbons (Fsp3) is 0.143. The summed E-state index contributed by atoms with van der Waals surface area (Å²) in [7, 11) is 1.76. The largest absolute Gasteiger partial charge is 0.496 e. The Morgan fingerprint density at radius 2 is 1.63 bits per heavy atom. The molecule has 1 aliphatic carbocycles. The molecule has 0 saturated carbocycles. The second-order valence-electron chi connectivity index (χ2n) is 7.70. The van der Waals surface area contributed by atoms with Gasteiger partial charge in [-0.1, -0.05) is 67.6 Å². The molecule has 1 aromatic heterocycles. The minimum absolute atomic E-state index is 0.938. The molecule has 0 spiro atoms. The zero-order valence-electron chi connectivity index (χ0n) is 17.6. The first-order valence-corrected chi connectivity index (χ1v) is 10.5. The van der Waals surface area contributed by atoms with Crippen LogP contribution in [0.1, 0.15) is 42.5 Å². The van der Waals surface area contributed by atoms with Crippen LogP contribution >= 0.6 is 0 Å². The van der Waals surface area contributed by atoms with Crippen molar-refractivity contribution in [3.05, 3.63) is 101 Å². The Kier molecular flexibility index (Phi) is 4.55. The number of ether oxygens (including phenoxy) is 1. The highest BCUT2D eigenvalue weighted by molar-refractivity contribution is 6.29. The van der Waals surface area contributed by atoms with Crippen LogP contribution in [0.25, 0.3) is 33.2 Å². The van der Waals surface area contributed by atoms with Crippen molar-refractivity contribution in [2.75, 3.05) is 7.11 Å². The van der Waals surface area contributed by atoms with Gasteiger partial charge in [-0.25, -0.2) is 0 Å². The molecule has 4 aromatic rings. The fourth-order valence-electron chi connectivity index (χ4n) is 4.78. The summed E-state index contributed by atoms with van der Waals surface area (Å²) in [5.74, 6) is 0.942. The molecule has 3 aromatic carbocycles. The molecule has 0 aliphatic heterocycles. The smallest absolute Gasteiger partial charge is 0.127 e. The van der Waals surface area contributed by atoms with Crippen LogP contribution in [-0.4, -0.2) is 12.1 Å². The minimum atomic E-state index is 0.938. The van der Waals surface area contributed by atoms with Gasteiger partial charge in [0.05, 0.1) is 7.11 Å². The summed E-state index contributed by atoms with van der Waals surface area (Å²) >= 11 is 0. The SMILES string of the molecule is CCC1=C(c2c[nH]c3ccccc23)/C(=C(\C)c2ccccc2)c2cccc(OC)c21. The number of hydrogen-bond donors (Lipinski definition) is 1. The lowest BCUT2D eigenvalue weighted by Crippen LogP contribution is -1.92. The van der Waals surface area contributed by atoms with Crippen molar-refractivity contribution in [3.8, 4) is 5.75 Å². The third-order valence-corrected chi connectivity index (χ3v) is 6.16. The summed E-state index contributed by atoms with van der Waals surface area (Å²) in [6.45, 7) is 4.47. The van der Waals surface area contributed by atoms with E-state index in [0.29, 0.717) is 0 Å². The van der Waals surface area contributed by atoms with Crippen LogP contribution in [0.4, 0.5) is 0 Å². The maximum Gasteiger partial charge on any atom is 0.127 e. The molecule has 0 atom stereocenters. The van der Waals surface area contributed by atoms with Gasteiger partial charge in [0.1, 0.15) is 5.75 Å². The van der Waals surface area contributed by atoms with E-state index in [4.69, 9.17) is 4.74 Å². The molecular weight excluding hydrogens is 366 g/mol. The van der Waals surface area contributed by atoms with Gasteiger partial charge in [0.15, 0.2) is 0 Å². The van der Waals surface area contributed by atoms with Gasteiger partial charge in [0, 0.05) is 28.2 Å². The summed E-state index contributed by atoms with van der Waals surface area (Å²) in [6, 6.07) is 25.6. The Bertz CT molecular complexity index is 1300. The number of methoxy groups -OCH3 is 1. The van der Waals surface area contributed by atoms with Gasteiger partial charge < -0.3 is 9.72 Å². The summed E-state index contributed by atoms with van der Waals surface area (Å²) < 4.78 is 5.81. The molecule has 148 valence electrons. The van der Waals surface area contributed by atoms with Crippen molar-refractivity contribution in [1.29, 1.82) is 0 Å². The zero-order valence-corrected chi connectivity index (χ0v) is 17.6. The van der Waals surface area contributed by atoms with E-state index < -0.39 is 0 Å². The third-order valence-electron chi connectivity index (χ3n) is 6.16. The average molecular weight is 392 g/mol. The molecule has 2 nitrogen and oxygen atoms in total. The quantitative estimate of drug-likeness (QED) is 0.384. The highest BCUT2D eigenvalue weighted by Crippen LogP contribution is 2.54. The van der Waals surface area contributed by atoms with Crippen LogP contribution in [0.2, 0.25) is 0 Å². The van der Waals surface area contributed by atoms with E-state index in [1.807, 2.05) is 0 Å². The topological polar surface area (TPSA) is 25.0 Å². The van der Waals surface area contributed by atoms with Crippen molar-refractivity contribution >= 4 is 33.2 Å². The summed E-state index contributed by atoms with van der Waals surface area (Å²) in [4.78, 5) is 3.48. The number of aromatic nitrogens is 1. The molecular formula is C28H25NO. The predicted octanol–water partition coefficient (Wildman–Crippen LogP) is 7.44. The Balaban J connectivity index is 1.90. The molecule has 0 fully saturated rings. The van der Waals surface area contributed by atoms with E-state index in [1.54, 1.807) is 7.11 Å². The first-order chi connectivity index (χ1) is 14.7. The van der Waals surface area contributed by atoms with Gasteiger partial charge in [-0.2, -0.15) is 0 Å². The third kappa shape index (κ3) is 2.72. The number of allylic oxidation sites excluding steroid dienone is 4. The van der Waals surface area contributed by atoms with Gasteiger partial charge in [-0.05, 0) is 58.9 Å². The molecule has 0 saturated heterocycles.